The summed E-state index contributed by atoms with van der Waals surface area (Å²) in [6.07, 6.45) is 5.25. The average molecular weight is 262 g/mol. The van der Waals surface area contributed by atoms with Crippen LogP contribution in [-0.4, -0.2) is 46.8 Å². The third-order valence-corrected chi connectivity index (χ3v) is 4.45. The largest absolute Gasteiger partial charge is 0.337 e. The van der Waals surface area contributed by atoms with Gasteiger partial charge in [-0.15, -0.1) is 0 Å². The zero-order chi connectivity index (χ0) is 13.4. The maximum Gasteiger partial charge on any atom is 0.272 e. The Morgan fingerprint density at radius 2 is 2.11 bits per heavy atom. The Balaban J connectivity index is 1.83. The van der Waals surface area contributed by atoms with Crippen LogP contribution >= 0.6 is 0 Å². The summed E-state index contributed by atoms with van der Waals surface area (Å²) in [5.74, 6) is 0.144. The van der Waals surface area contributed by atoms with E-state index in [1.165, 1.54) is 5.56 Å². The lowest BCUT2D eigenvalue weighted by Gasteiger charge is -2.31. The van der Waals surface area contributed by atoms with Crippen LogP contribution in [0.5, 0.6) is 0 Å². The summed E-state index contributed by atoms with van der Waals surface area (Å²) in [4.78, 5) is 14.7. The Kier molecular flexibility index (Phi) is 3.31. The van der Waals surface area contributed by atoms with Crippen LogP contribution < -0.4 is 5.32 Å². The second-order valence-electron chi connectivity index (χ2n) is 5.65. The minimum Gasteiger partial charge on any atom is -0.337 e. The Morgan fingerprint density at radius 3 is 2.84 bits per heavy atom. The summed E-state index contributed by atoms with van der Waals surface area (Å²) in [5.41, 5.74) is 3.13. The van der Waals surface area contributed by atoms with E-state index in [0.717, 1.165) is 56.6 Å². The molecule has 3 rings (SSSR count). The number of aromatic nitrogens is 2. The number of hydrogen-bond donors (Lipinski definition) is 1. The fourth-order valence-corrected chi connectivity index (χ4v) is 3.31. The van der Waals surface area contributed by atoms with Crippen molar-refractivity contribution >= 4 is 5.91 Å². The molecule has 19 heavy (non-hydrogen) atoms. The first-order chi connectivity index (χ1) is 9.18. The van der Waals surface area contributed by atoms with Crippen LogP contribution in [0.25, 0.3) is 0 Å². The van der Waals surface area contributed by atoms with Crippen LogP contribution in [0.1, 0.15) is 41.0 Å². The lowest BCUT2D eigenvalue weighted by atomic mass is 10.0. The Bertz CT molecular complexity index is 488. The number of piperidine rings is 1. The van der Waals surface area contributed by atoms with Gasteiger partial charge in [-0.3, -0.25) is 9.48 Å². The summed E-state index contributed by atoms with van der Waals surface area (Å²) in [5, 5.41) is 7.84. The molecule has 104 valence electrons. The molecule has 0 saturated carbocycles. The van der Waals surface area contributed by atoms with E-state index in [4.69, 9.17) is 0 Å². The normalized spacial score (nSPS) is 19.5. The van der Waals surface area contributed by atoms with Crippen molar-refractivity contribution in [2.45, 2.75) is 38.1 Å². The second kappa shape index (κ2) is 4.96. The van der Waals surface area contributed by atoms with Gasteiger partial charge in [-0.05, 0) is 45.2 Å². The maximum atomic E-state index is 12.7. The average Bonchev–Trinajstić information content (AvgIpc) is 2.98. The molecule has 2 aliphatic rings. The molecule has 0 aromatic carbocycles. The van der Waals surface area contributed by atoms with Gasteiger partial charge in [-0.25, -0.2) is 0 Å². The van der Waals surface area contributed by atoms with Crippen LogP contribution in [0.2, 0.25) is 0 Å². The van der Waals surface area contributed by atoms with Gasteiger partial charge in [0.2, 0.25) is 0 Å². The number of nitrogens with zero attached hydrogens (tertiary/aromatic N) is 3. The molecule has 1 aromatic heterocycles. The lowest BCUT2D eigenvalue weighted by molar-refractivity contribution is 0.0691. The van der Waals surface area contributed by atoms with Gasteiger partial charge < -0.3 is 10.2 Å². The standard InChI is InChI=1S/C14H22N4O/c1-17(10-6-8-15-9-7-10)14(19)13-11-4-3-5-12(11)16-18(13)2/h10,15H,3-9H2,1-2H3. The second-order valence-corrected chi connectivity index (χ2v) is 5.65. The third-order valence-electron chi connectivity index (χ3n) is 4.45. The van der Waals surface area contributed by atoms with Crippen molar-refractivity contribution in [3.05, 3.63) is 17.0 Å². The molecule has 2 heterocycles. The predicted octanol–water partition coefficient (Wildman–Crippen LogP) is 0.733. The SMILES string of the molecule is CN(C(=O)c1c2c(nn1C)CCC2)C1CCNCC1. The molecule has 1 aliphatic carbocycles. The summed E-state index contributed by atoms with van der Waals surface area (Å²) in [6, 6.07) is 0.362. The van der Waals surface area contributed by atoms with Gasteiger partial charge in [0.25, 0.3) is 5.91 Å². The highest BCUT2D eigenvalue weighted by Crippen LogP contribution is 2.26. The maximum absolute atomic E-state index is 12.7. The molecule has 5 nitrogen and oxygen atoms in total. The predicted molar refractivity (Wildman–Crippen MR) is 73.2 cm³/mol. The van der Waals surface area contributed by atoms with Gasteiger partial charge in [0, 0.05) is 25.7 Å². The number of hydrogen-bond acceptors (Lipinski definition) is 3. The van der Waals surface area contributed by atoms with E-state index in [1.807, 2.05) is 19.0 Å². The van der Waals surface area contributed by atoms with Gasteiger partial charge in [0.1, 0.15) is 5.69 Å². The van der Waals surface area contributed by atoms with Crippen molar-refractivity contribution in [2.75, 3.05) is 20.1 Å². The van der Waals surface area contributed by atoms with Crippen LogP contribution in [0.3, 0.4) is 0 Å². The van der Waals surface area contributed by atoms with Gasteiger partial charge in [0.15, 0.2) is 0 Å². The van der Waals surface area contributed by atoms with Gasteiger partial charge in [-0.1, -0.05) is 0 Å². The number of nitrogens with one attached hydrogen (secondary N) is 1. The molecule has 1 aliphatic heterocycles. The molecule has 1 saturated heterocycles. The number of fused-ring (bicyclic) bond motifs is 1. The minimum atomic E-state index is 0.144. The molecule has 0 atom stereocenters. The van der Waals surface area contributed by atoms with Crippen LogP contribution in [0.4, 0.5) is 0 Å². The Hall–Kier alpha value is -1.36. The lowest BCUT2D eigenvalue weighted by Crippen LogP contribution is -2.44. The topological polar surface area (TPSA) is 50.2 Å². The minimum absolute atomic E-state index is 0.144. The first kappa shape index (κ1) is 12.7. The van der Waals surface area contributed by atoms with Crippen molar-refractivity contribution in [2.24, 2.45) is 7.05 Å². The van der Waals surface area contributed by atoms with Gasteiger partial charge in [0.05, 0.1) is 5.69 Å². The van der Waals surface area contributed by atoms with E-state index in [-0.39, 0.29) is 5.91 Å². The first-order valence-corrected chi connectivity index (χ1v) is 7.21. The summed E-state index contributed by atoms with van der Waals surface area (Å²) in [7, 11) is 3.83. The molecule has 5 heteroatoms. The van der Waals surface area contributed by atoms with Crippen LogP contribution in [-0.2, 0) is 19.9 Å². The first-order valence-electron chi connectivity index (χ1n) is 7.21. The zero-order valence-electron chi connectivity index (χ0n) is 11.8. The zero-order valence-corrected chi connectivity index (χ0v) is 11.8. The number of rotatable bonds is 2. The Labute approximate surface area is 114 Å². The molecule has 0 unspecified atom stereocenters. The van der Waals surface area contributed by atoms with Crippen molar-refractivity contribution in [3.8, 4) is 0 Å². The quantitative estimate of drug-likeness (QED) is 0.855. The van der Waals surface area contributed by atoms with Crippen LogP contribution in [0, 0.1) is 0 Å². The summed E-state index contributed by atoms with van der Waals surface area (Å²) in [6.45, 7) is 2.01. The number of aryl methyl sites for hydroxylation is 2. The number of carbonyl (C=O) groups excluding carboxylic acids is 1. The highest BCUT2D eigenvalue weighted by molar-refractivity contribution is 5.94. The van der Waals surface area contributed by atoms with Crippen LogP contribution in [0.15, 0.2) is 0 Å². The molecule has 0 radical (unpaired) electrons. The van der Waals surface area contributed by atoms with E-state index in [9.17, 15) is 4.79 Å². The van der Waals surface area contributed by atoms with Gasteiger partial charge in [-0.2, -0.15) is 5.10 Å². The fraction of sp³-hybridized carbons (Fsp3) is 0.714. The highest BCUT2D eigenvalue weighted by atomic mass is 16.2. The number of carbonyl (C=O) groups is 1. The molecule has 0 spiro atoms. The van der Waals surface area contributed by atoms with Crippen molar-refractivity contribution in [1.82, 2.24) is 20.0 Å². The molecule has 1 amide bonds. The van der Waals surface area contributed by atoms with E-state index in [2.05, 4.69) is 10.4 Å². The van der Waals surface area contributed by atoms with Crippen molar-refractivity contribution in [1.29, 1.82) is 0 Å². The molecular formula is C14H22N4O. The van der Waals surface area contributed by atoms with Crippen molar-refractivity contribution in [3.63, 3.8) is 0 Å². The monoisotopic (exact) mass is 262 g/mol. The van der Waals surface area contributed by atoms with E-state index in [1.54, 1.807) is 4.68 Å². The number of amides is 1. The molecule has 0 bridgehead atoms. The fourth-order valence-electron chi connectivity index (χ4n) is 3.31. The third kappa shape index (κ3) is 2.16. The molecule has 1 N–H and O–H groups in total. The Morgan fingerprint density at radius 1 is 1.37 bits per heavy atom. The van der Waals surface area contributed by atoms with E-state index in [0.29, 0.717) is 6.04 Å². The van der Waals surface area contributed by atoms with E-state index < -0.39 is 0 Å². The molecule has 1 aromatic rings. The smallest absolute Gasteiger partial charge is 0.272 e. The molecular weight excluding hydrogens is 240 g/mol. The summed E-state index contributed by atoms with van der Waals surface area (Å²) < 4.78 is 1.78. The van der Waals surface area contributed by atoms with E-state index >= 15 is 0 Å². The highest BCUT2D eigenvalue weighted by Gasteiger charge is 2.30. The van der Waals surface area contributed by atoms with Crippen molar-refractivity contribution < 1.29 is 4.79 Å². The van der Waals surface area contributed by atoms with Gasteiger partial charge >= 0.3 is 0 Å². The molecule has 1 fully saturated rings. The summed E-state index contributed by atoms with van der Waals surface area (Å²) >= 11 is 0.